The van der Waals surface area contributed by atoms with Crippen LogP contribution >= 0.6 is 22.9 Å². The average molecular weight is 309 g/mol. The number of rotatable bonds is 4. The zero-order valence-corrected chi connectivity index (χ0v) is 13.0. The van der Waals surface area contributed by atoms with Crippen LogP contribution in [0.1, 0.15) is 23.5 Å². The first-order valence-electron chi connectivity index (χ1n) is 6.30. The second-order valence-electron chi connectivity index (χ2n) is 5.21. The van der Waals surface area contributed by atoms with Crippen molar-refractivity contribution in [2.24, 2.45) is 5.73 Å². The number of thiophene rings is 1. The molecule has 0 aliphatic rings. The van der Waals surface area contributed by atoms with Crippen LogP contribution in [-0.4, -0.2) is 18.0 Å². The van der Waals surface area contributed by atoms with Gasteiger partial charge in [-0.05, 0) is 43.7 Å². The van der Waals surface area contributed by atoms with Crippen LogP contribution in [-0.2, 0) is 0 Å². The molecule has 0 atom stereocenters. The highest BCUT2D eigenvalue weighted by molar-refractivity contribution is 7.17. The Balaban J connectivity index is 2.17. The third-order valence-corrected chi connectivity index (χ3v) is 4.31. The minimum Gasteiger partial charge on any atom is -0.345 e. The summed E-state index contributed by atoms with van der Waals surface area (Å²) in [7, 11) is 0. The third-order valence-electron chi connectivity index (χ3n) is 2.92. The van der Waals surface area contributed by atoms with Crippen LogP contribution in [0.25, 0.3) is 10.4 Å². The van der Waals surface area contributed by atoms with E-state index in [2.05, 4.69) is 5.32 Å². The summed E-state index contributed by atoms with van der Waals surface area (Å²) in [5.74, 6) is -0.0920. The fourth-order valence-corrected chi connectivity index (χ4v) is 2.68. The fraction of sp³-hybridized carbons (Fsp3) is 0.267. The van der Waals surface area contributed by atoms with Gasteiger partial charge in [-0.15, -0.1) is 11.3 Å². The normalized spacial score (nSPS) is 11.4. The third kappa shape index (κ3) is 3.60. The summed E-state index contributed by atoms with van der Waals surface area (Å²) in [5.41, 5.74) is 6.27. The van der Waals surface area contributed by atoms with E-state index in [0.717, 1.165) is 10.4 Å². The van der Waals surface area contributed by atoms with Crippen molar-refractivity contribution in [2.75, 3.05) is 6.54 Å². The summed E-state index contributed by atoms with van der Waals surface area (Å²) in [4.78, 5) is 13.9. The van der Waals surface area contributed by atoms with Gasteiger partial charge >= 0.3 is 0 Å². The zero-order valence-electron chi connectivity index (χ0n) is 11.4. The maximum Gasteiger partial charge on any atom is 0.261 e. The van der Waals surface area contributed by atoms with Crippen LogP contribution in [0, 0.1) is 0 Å². The van der Waals surface area contributed by atoms with Crippen LogP contribution in [0.5, 0.6) is 0 Å². The van der Waals surface area contributed by atoms with E-state index in [4.69, 9.17) is 17.3 Å². The number of carbonyl (C=O) groups excluding carboxylic acids is 1. The van der Waals surface area contributed by atoms with Gasteiger partial charge in [0.15, 0.2) is 0 Å². The Kier molecular flexibility index (Phi) is 4.48. The minimum absolute atomic E-state index is 0.0920. The van der Waals surface area contributed by atoms with Gasteiger partial charge in [-0.1, -0.05) is 23.7 Å². The number of halogens is 1. The molecule has 0 spiro atoms. The summed E-state index contributed by atoms with van der Waals surface area (Å²) in [6, 6.07) is 11.3. The standard InChI is InChI=1S/C15H17ClN2OS/c1-15(2,9-17)18-14(19)13-8-7-12(20-13)10-3-5-11(16)6-4-10/h3-8H,9,17H2,1-2H3,(H,18,19). The van der Waals surface area contributed by atoms with Gasteiger partial charge in [0, 0.05) is 22.0 Å². The van der Waals surface area contributed by atoms with E-state index in [-0.39, 0.29) is 5.91 Å². The van der Waals surface area contributed by atoms with Gasteiger partial charge in [-0.3, -0.25) is 4.79 Å². The molecule has 20 heavy (non-hydrogen) atoms. The molecular weight excluding hydrogens is 292 g/mol. The van der Waals surface area contributed by atoms with Crippen molar-refractivity contribution in [1.29, 1.82) is 0 Å². The first kappa shape index (κ1) is 15.0. The van der Waals surface area contributed by atoms with Crippen molar-refractivity contribution in [3.8, 4) is 10.4 Å². The number of amides is 1. The van der Waals surface area contributed by atoms with E-state index in [1.807, 2.05) is 50.2 Å². The molecule has 3 N–H and O–H groups in total. The molecular formula is C15H17ClN2OS. The van der Waals surface area contributed by atoms with E-state index in [1.54, 1.807) is 0 Å². The van der Waals surface area contributed by atoms with Gasteiger partial charge in [0.2, 0.25) is 0 Å². The van der Waals surface area contributed by atoms with E-state index in [1.165, 1.54) is 11.3 Å². The Hall–Kier alpha value is -1.36. The minimum atomic E-state index is -0.401. The molecule has 1 aromatic carbocycles. The van der Waals surface area contributed by atoms with Crippen LogP contribution < -0.4 is 11.1 Å². The first-order chi connectivity index (χ1) is 9.41. The van der Waals surface area contributed by atoms with E-state index < -0.39 is 5.54 Å². The number of benzene rings is 1. The van der Waals surface area contributed by atoms with E-state index >= 15 is 0 Å². The van der Waals surface area contributed by atoms with Crippen molar-refractivity contribution in [3.63, 3.8) is 0 Å². The molecule has 3 nitrogen and oxygen atoms in total. The van der Waals surface area contributed by atoms with Crippen LogP contribution in [0.3, 0.4) is 0 Å². The van der Waals surface area contributed by atoms with Gasteiger partial charge in [0.1, 0.15) is 0 Å². The number of nitrogens with two attached hydrogens (primary N) is 1. The lowest BCUT2D eigenvalue weighted by Gasteiger charge is -2.23. The largest absolute Gasteiger partial charge is 0.345 e. The molecule has 106 valence electrons. The highest BCUT2D eigenvalue weighted by Crippen LogP contribution is 2.29. The van der Waals surface area contributed by atoms with E-state index in [0.29, 0.717) is 16.4 Å². The molecule has 0 bridgehead atoms. The molecule has 5 heteroatoms. The summed E-state index contributed by atoms with van der Waals surface area (Å²) in [6.45, 7) is 4.20. The molecule has 1 amide bonds. The summed E-state index contributed by atoms with van der Waals surface area (Å²) in [6.07, 6.45) is 0. The lowest BCUT2D eigenvalue weighted by atomic mass is 10.1. The Bertz CT molecular complexity index is 605. The fourth-order valence-electron chi connectivity index (χ4n) is 1.65. The van der Waals surface area contributed by atoms with Gasteiger partial charge in [0.05, 0.1) is 4.88 Å². The quantitative estimate of drug-likeness (QED) is 0.907. The van der Waals surface area contributed by atoms with Crippen molar-refractivity contribution < 1.29 is 4.79 Å². The molecule has 0 saturated carbocycles. The van der Waals surface area contributed by atoms with Crippen molar-refractivity contribution in [3.05, 3.63) is 46.3 Å². The van der Waals surface area contributed by atoms with Gasteiger partial charge in [0.25, 0.3) is 5.91 Å². The maximum atomic E-state index is 12.1. The molecule has 0 radical (unpaired) electrons. The molecule has 0 aliphatic carbocycles. The number of hydrogen-bond donors (Lipinski definition) is 2. The molecule has 0 unspecified atom stereocenters. The summed E-state index contributed by atoms with van der Waals surface area (Å²) >= 11 is 7.33. The molecule has 2 aromatic rings. The maximum absolute atomic E-state index is 12.1. The van der Waals surface area contributed by atoms with Crippen LogP contribution in [0.4, 0.5) is 0 Å². The Morgan fingerprint density at radius 3 is 2.50 bits per heavy atom. The second-order valence-corrected chi connectivity index (χ2v) is 6.73. The molecule has 0 aliphatic heterocycles. The highest BCUT2D eigenvalue weighted by Gasteiger charge is 2.20. The van der Waals surface area contributed by atoms with Gasteiger partial charge in [-0.2, -0.15) is 0 Å². The van der Waals surface area contributed by atoms with Crippen molar-refractivity contribution >= 4 is 28.8 Å². The monoisotopic (exact) mass is 308 g/mol. The number of hydrogen-bond acceptors (Lipinski definition) is 3. The SMILES string of the molecule is CC(C)(CN)NC(=O)c1ccc(-c2ccc(Cl)cc2)s1. The predicted octanol–water partition coefficient (Wildman–Crippen LogP) is 3.54. The van der Waals surface area contributed by atoms with Crippen LogP contribution in [0.15, 0.2) is 36.4 Å². The molecule has 1 heterocycles. The van der Waals surface area contributed by atoms with Crippen LogP contribution in [0.2, 0.25) is 5.02 Å². The number of carbonyl (C=O) groups is 1. The average Bonchev–Trinajstić information content (AvgIpc) is 2.89. The first-order valence-corrected chi connectivity index (χ1v) is 7.49. The van der Waals surface area contributed by atoms with Gasteiger partial charge < -0.3 is 11.1 Å². The van der Waals surface area contributed by atoms with Gasteiger partial charge in [-0.25, -0.2) is 0 Å². The Labute approximate surface area is 127 Å². The molecule has 0 fully saturated rings. The zero-order chi connectivity index (χ0) is 14.8. The molecule has 1 aromatic heterocycles. The topological polar surface area (TPSA) is 55.1 Å². The lowest BCUT2D eigenvalue weighted by Crippen LogP contribution is -2.48. The summed E-state index contributed by atoms with van der Waals surface area (Å²) in [5, 5.41) is 3.62. The molecule has 2 rings (SSSR count). The lowest BCUT2D eigenvalue weighted by molar-refractivity contribution is 0.0920. The smallest absolute Gasteiger partial charge is 0.261 e. The Morgan fingerprint density at radius 1 is 1.25 bits per heavy atom. The molecule has 0 saturated heterocycles. The van der Waals surface area contributed by atoms with Crippen molar-refractivity contribution in [1.82, 2.24) is 5.32 Å². The van der Waals surface area contributed by atoms with Crippen molar-refractivity contribution in [2.45, 2.75) is 19.4 Å². The second kappa shape index (κ2) is 5.95. The Morgan fingerprint density at radius 2 is 1.90 bits per heavy atom. The van der Waals surface area contributed by atoms with E-state index in [9.17, 15) is 4.79 Å². The predicted molar refractivity (Wildman–Crippen MR) is 85.4 cm³/mol. The summed E-state index contributed by atoms with van der Waals surface area (Å²) < 4.78 is 0. The highest BCUT2D eigenvalue weighted by atomic mass is 35.5. The number of nitrogens with one attached hydrogen (secondary N) is 1.